The van der Waals surface area contributed by atoms with Crippen molar-refractivity contribution in [3.8, 4) is 0 Å². The molecule has 0 bridgehead atoms. The van der Waals surface area contributed by atoms with Gasteiger partial charge in [0.05, 0.1) is 6.33 Å². The van der Waals surface area contributed by atoms with Gasteiger partial charge < -0.3 is 21.4 Å². The summed E-state index contributed by atoms with van der Waals surface area (Å²) in [5, 5.41) is 0. The Kier molecular flexibility index (Phi) is 40.3. The van der Waals surface area contributed by atoms with E-state index in [1.54, 1.807) is 18.7 Å². The van der Waals surface area contributed by atoms with Crippen LogP contribution in [0.15, 0.2) is 18.7 Å². The van der Waals surface area contributed by atoms with Gasteiger partial charge in [-0.2, -0.15) is 0 Å². The van der Waals surface area contributed by atoms with Gasteiger partial charge in [-0.15, -0.1) is 0 Å². The van der Waals surface area contributed by atoms with Crippen molar-refractivity contribution in [1.82, 2.24) is 9.97 Å². The summed E-state index contributed by atoms with van der Waals surface area (Å²) in [7, 11) is 0. The van der Waals surface area contributed by atoms with E-state index in [-0.39, 0.29) is 39.5 Å². The molecule has 0 atom stereocenters. The van der Waals surface area contributed by atoms with Crippen molar-refractivity contribution in [3.05, 3.63) is 18.7 Å². The SMILES string of the molecule is O.O.O.[MgH2].c1c[nH]cn1. The first-order chi connectivity index (χ1) is 2.50. The van der Waals surface area contributed by atoms with E-state index in [0.29, 0.717) is 0 Å². The number of aromatic amines is 1. The molecule has 0 aliphatic heterocycles. The van der Waals surface area contributed by atoms with Crippen LogP contribution >= 0.6 is 0 Å². The molecule has 6 heteroatoms. The quantitative estimate of drug-likeness (QED) is 0.388. The van der Waals surface area contributed by atoms with Crippen LogP contribution in [0, 0.1) is 0 Å². The zero-order valence-corrected chi connectivity index (χ0v) is 4.18. The number of aromatic nitrogens is 2. The Hall–Kier alpha value is -0.144. The van der Waals surface area contributed by atoms with Crippen molar-refractivity contribution in [2.45, 2.75) is 0 Å². The van der Waals surface area contributed by atoms with Crippen molar-refractivity contribution in [1.29, 1.82) is 0 Å². The third kappa shape index (κ3) is 11.4. The van der Waals surface area contributed by atoms with Gasteiger partial charge in [-0.1, -0.05) is 0 Å². The number of nitrogens with zero attached hydrogens (tertiary/aromatic N) is 1. The van der Waals surface area contributed by atoms with E-state index in [0.717, 1.165) is 0 Å². The fourth-order valence-electron chi connectivity index (χ4n) is 0.215. The van der Waals surface area contributed by atoms with E-state index in [2.05, 4.69) is 9.97 Å². The molecule has 0 saturated carbocycles. The maximum Gasteiger partial charge on any atom is 0.316 e. The monoisotopic (exact) mass is 148 g/mol. The van der Waals surface area contributed by atoms with Crippen molar-refractivity contribution in [2.24, 2.45) is 0 Å². The van der Waals surface area contributed by atoms with Gasteiger partial charge in [-0.25, -0.2) is 4.98 Å². The van der Waals surface area contributed by atoms with Crippen molar-refractivity contribution < 1.29 is 16.4 Å². The standard InChI is InChI=1S/C3H4N2.Mg.3H2O.2H/c1-2-5-3-4-1;;;;;;/h1-3H,(H,4,5);;3*1H2;;. The van der Waals surface area contributed by atoms with E-state index in [9.17, 15) is 0 Å². The van der Waals surface area contributed by atoms with Crippen LogP contribution in [0.5, 0.6) is 0 Å². The summed E-state index contributed by atoms with van der Waals surface area (Å²) in [5.41, 5.74) is 0. The fraction of sp³-hybridized carbons (Fsp3) is 0. The predicted octanol–water partition coefficient (Wildman–Crippen LogP) is -2.98. The summed E-state index contributed by atoms with van der Waals surface area (Å²) in [5.74, 6) is 0. The second-order valence-corrected chi connectivity index (χ2v) is 0.761. The molecule has 54 valence electrons. The first-order valence-corrected chi connectivity index (χ1v) is 1.43. The largest absolute Gasteiger partial charge is 0.412 e. The molecule has 1 aromatic rings. The lowest BCUT2D eigenvalue weighted by Gasteiger charge is -1.46. The highest BCUT2D eigenvalue weighted by atomic mass is 24.3. The number of hydrogen-bond donors (Lipinski definition) is 1. The molecule has 0 saturated heterocycles. The van der Waals surface area contributed by atoms with Gasteiger partial charge >= 0.3 is 23.1 Å². The van der Waals surface area contributed by atoms with Gasteiger partial charge in [0.2, 0.25) is 0 Å². The number of rotatable bonds is 0. The van der Waals surface area contributed by atoms with E-state index in [1.165, 1.54) is 0 Å². The summed E-state index contributed by atoms with van der Waals surface area (Å²) >= 11 is 0. The summed E-state index contributed by atoms with van der Waals surface area (Å²) in [4.78, 5) is 6.42. The molecular formula is C3H12MgN2O3. The number of H-pyrrole nitrogens is 1. The van der Waals surface area contributed by atoms with Gasteiger partial charge in [0.25, 0.3) is 0 Å². The zero-order chi connectivity index (χ0) is 3.54. The van der Waals surface area contributed by atoms with Crippen LogP contribution in [0.3, 0.4) is 0 Å². The second kappa shape index (κ2) is 15.7. The second-order valence-electron chi connectivity index (χ2n) is 0.761. The van der Waals surface area contributed by atoms with Crippen LogP contribution in [0.25, 0.3) is 0 Å². The van der Waals surface area contributed by atoms with Gasteiger partial charge in [0.1, 0.15) is 0 Å². The molecule has 0 aliphatic rings. The highest BCUT2D eigenvalue weighted by molar-refractivity contribution is 5.75. The number of imidazole rings is 1. The van der Waals surface area contributed by atoms with E-state index < -0.39 is 0 Å². The van der Waals surface area contributed by atoms with Crippen LogP contribution < -0.4 is 0 Å². The third-order valence-corrected chi connectivity index (χ3v) is 0.406. The average Bonchev–Trinajstić information content (AvgIpc) is 1.76. The molecule has 0 fully saturated rings. The van der Waals surface area contributed by atoms with Crippen LogP contribution in [-0.4, -0.2) is 49.4 Å². The van der Waals surface area contributed by atoms with Crippen LogP contribution in [0.4, 0.5) is 0 Å². The minimum absolute atomic E-state index is 0. The van der Waals surface area contributed by atoms with Crippen LogP contribution in [0.2, 0.25) is 0 Å². The first kappa shape index (κ1) is 23.2. The molecule has 1 aromatic heterocycles. The Morgan fingerprint density at radius 2 is 1.67 bits per heavy atom. The van der Waals surface area contributed by atoms with E-state index in [4.69, 9.17) is 0 Å². The summed E-state index contributed by atoms with van der Waals surface area (Å²) < 4.78 is 0. The van der Waals surface area contributed by atoms with Crippen molar-refractivity contribution in [3.63, 3.8) is 0 Å². The zero-order valence-electron chi connectivity index (χ0n) is 4.18. The predicted molar refractivity (Wildman–Crippen MR) is 38.0 cm³/mol. The maximum atomic E-state index is 3.67. The summed E-state index contributed by atoms with van der Waals surface area (Å²) in [6, 6.07) is 0. The lowest BCUT2D eigenvalue weighted by Crippen LogP contribution is -1.44. The van der Waals surface area contributed by atoms with Gasteiger partial charge in [0.15, 0.2) is 0 Å². The molecule has 1 heterocycles. The highest BCUT2D eigenvalue weighted by Crippen LogP contribution is 1.62. The lowest BCUT2D eigenvalue weighted by molar-refractivity contribution is 0.823. The molecule has 9 heavy (non-hydrogen) atoms. The molecule has 0 radical (unpaired) electrons. The maximum absolute atomic E-state index is 3.67. The number of nitrogens with one attached hydrogen (secondary N) is 1. The van der Waals surface area contributed by atoms with Crippen molar-refractivity contribution in [2.75, 3.05) is 0 Å². The topological polar surface area (TPSA) is 123 Å². The highest BCUT2D eigenvalue weighted by Gasteiger charge is 1.56. The third-order valence-electron chi connectivity index (χ3n) is 0.406. The van der Waals surface area contributed by atoms with Crippen LogP contribution in [-0.2, 0) is 0 Å². The molecule has 5 nitrogen and oxygen atoms in total. The molecule has 0 aliphatic carbocycles. The molecule has 0 spiro atoms. The lowest BCUT2D eigenvalue weighted by atomic mass is 11.0. The van der Waals surface area contributed by atoms with Gasteiger partial charge in [-0.05, 0) is 0 Å². The number of hydrogen-bond acceptors (Lipinski definition) is 1. The Labute approximate surface area is 68.6 Å². The Balaban J connectivity index is -0.0000000312. The summed E-state index contributed by atoms with van der Waals surface area (Å²) in [6.45, 7) is 0. The molecular weight excluding hydrogens is 136 g/mol. The van der Waals surface area contributed by atoms with E-state index >= 15 is 0 Å². The smallest absolute Gasteiger partial charge is 0.316 e. The minimum atomic E-state index is 0. The molecule has 7 N–H and O–H groups in total. The minimum Gasteiger partial charge on any atom is -0.412 e. The Morgan fingerprint density at radius 1 is 1.11 bits per heavy atom. The Bertz CT molecular complexity index is 73.5. The van der Waals surface area contributed by atoms with E-state index in [1.807, 2.05) is 0 Å². The molecule has 0 unspecified atom stereocenters. The first-order valence-electron chi connectivity index (χ1n) is 1.43. The van der Waals surface area contributed by atoms with Gasteiger partial charge in [0, 0.05) is 12.4 Å². The normalized spacial score (nSPS) is 4.44. The van der Waals surface area contributed by atoms with Gasteiger partial charge in [-0.3, -0.25) is 0 Å². The molecule has 1 rings (SSSR count). The molecule has 0 amide bonds. The molecule has 0 aromatic carbocycles. The Morgan fingerprint density at radius 3 is 1.78 bits per heavy atom. The summed E-state index contributed by atoms with van der Waals surface area (Å²) in [6.07, 6.45) is 5.08. The average molecular weight is 148 g/mol. The van der Waals surface area contributed by atoms with Crippen molar-refractivity contribution >= 4 is 23.1 Å². The fourth-order valence-corrected chi connectivity index (χ4v) is 0.215. The van der Waals surface area contributed by atoms with Crippen LogP contribution in [0.1, 0.15) is 0 Å².